The van der Waals surface area contributed by atoms with Crippen LogP contribution in [0.3, 0.4) is 0 Å². The Bertz CT molecular complexity index is 110. The molecule has 0 radical (unpaired) electrons. The molecule has 0 rings (SSSR count). The van der Waals surface area contributed by atoms with Crippen molar-refractivity contribution in [2.45, 2.75) is 65.2 Å². The quantitative estimate of drug-likeness (QED) is 0.290. The van der Waals surface area contributed by atoms with Gasteiger partial charge in [-0.3, -0.25) is 9.44 Å². The van der Waals surface area contributed by atoms with Gasteiger partial charge in [0.25, 0.3) is 0 Å². The summed E-state index contributed by atoms with van der Waals surface area (Å²) < 4.78 is 6.73. The molecule has 4 heteroatoms. The van der Waals surface area contributed by atoms with Gasteiger partial charge in [-0.1, -0.05) is 52.4 Å². The summed E-state index contributed by atoms with van der Waals surface area (Å²) in [5, 5.41) is 0. The van der Waals surface area contributed by atoms with Gasteiger partial charge in [0.1, 0.15) is 0 Å². The van der Waals surface area contributed by atoms with Gasteiger partial charge in [-0.15, -0.1) is 0 Å². The van der Waals surface area contributed by atoms with E-state index in [1.807, 2.05) is 0 Å². The largest absolute Gasteiger partial charge is 0.254 e. The van der Waals surface area contributed by atoms with Crippen LogP contribution in [-0.4, -0.2) is 13.1 Å². The topological polar surface area (TPSA) is 24.1 Å². The fraction of sp³-hybridized carbons (Fsp3) is 1.00. The van der Waals surface area contributed by atoms with Crippen molar-refractivity contribution in [1.29, 1.82) is 0 Å². The van der Waals surface area contributed by atoms with Crippen LogP contribution in [0.15, 0.2) is 0 Å². The van der Waals surface area contributed by atoms with E-state index >= 15 is 0 Å². The Kier molecular flexibility index (Phi) is 16.2. The maximum atomic E-state index is 3.36. The van der Waals surface area contributed by atoms with Crippen molar-refractivity contribution in [2.75, 3.05) is 13.1 Å². The number of unbranched alkanes of at least 4 members (excludes halogenated alkanes) is 6. The summed E-state index contributed by atoms with van der Waals surface area (Å²) in [7, 11) is 3.46. The smallest absolute Gasteiger partial charge is 0.00668 e. The zero-order valence-corrected chi connectivity index (χ0v) is 12.5. The Labute approximate surface area is 110 Å². The van der Waals surface area contributed by atoms with Crippen LogP contribution < -0.4 is 9.44 Å². The van der Waals surface area contributed by atoms with Crippen molar-refractivity contribution >= 4 is 22.0 Å². The lowest BCUT2D eigenvalue weighted by Crippen LogP contribution is -2.08. The molecule has 2 N–H and O–H groups in total. The van der Waals surface area contributed by atoms with E-state index in [1.165, 1.54) is 51.4 Å². The standard InChI is InChI=1S/C12H28N2S2/c1-3-5-7-9-11-13-15-16-14-12-10-8-6-4-2/h13-14H,3-12H2,1-2H3. The fourth-order valence-electron chi connectivity index (χ4n) is 1.39. The fourth-order valence-corrected chi connectivity index (χ4v) is 2.82. The van der Waals surface area contributed by atoms with Gasteiger partial charge in [0.05, 0.1) is 0 Å². The predicted octanol–water partition coefficient (Wildman–Crippen LogP) is 4.54. The number of hydrogen-bond acceptors (Lipinski definition) is 4. The van der Waals surface area contributed by atoms with E-state index in [2.05, 4.69) is 23.3 Å². The lowest BCUT2D eigenvalue weighted by Gasteiger charge is -2.04. The number of rotatable bonds is 13. The Hall–Kier alpha value is 0.620. The zero-order chi connectivity index (χ0) is 11.9. The molecule has 0 aliphatic rings. The molecular weight excluding hydrogens is 236 g/mol. The first kappa shape index (κ1) is 16.6. The van der Waals surface area contributed by atoms with Crippen LogP contribution in [-0.2, 0) is 0 Å². The molecule has 0 amide bonds. The molecule has 98 valence electrons. The lowest BCUT2D eigenvalue weighted by atomic mass is 10.2. The maximum absolute atomic E-state index is 3.36. The van der Waals surface area contributed by atoms with E-state index in [-0.39, 0.29) is 0 Å². The van der Waals surface area contributed by atoms with Gasteiger partial charge in [-0.05, 0) is 12.8 Å². The highest BCUT2D eigenvalue weighted by molar-refractivity contribution is 8.75. The van der Waals surface area contributed by atoms with E-state index in [0.717, 1.165) is 13.1 Å². The molecule has 2 nitrogen and oxygen atoms in total. The van der Waals surface area contributed by atoms with Crippen molar-refractivity contribution in [3.63, 3.8) is 0 Å². The molecular formula is C12H28N2S2. The Morgan fingerprint density at radius 3 is 1.44 bits per heavy atom. The SMILES string of the molecule is CCCCCCNSSNCCCCCC. The molecule has 16 heavy (non-hydrogen) atoms. The molecule has 0 saturated heterocycles. The molecule has 0 aromatic rings. The highest BCUT2D eigenvalue weighted by atomic mass is 33.1. The third kappa shape index (κ3) is 14.6. The Balaban J connectivity index is 2.83. The van der Waals surface area contributed by atoms with Crippen molar-refractivity contribution in [3.8, 4) is 0 Å². The van der Waals surface area contributed by atoms with E-state index in [4.69, 9.17) is 0 Å². The summed E-state index contributed by atoms with van der Waals surface area (Å²) in [6.07, 6.45) is 10.7. The van der Waals surface area contributed by atoms with Crippen LogP contribution in [0, 0.1) is 0 Å². The molecule has 0 fully saturated rings. The minimum Gasteiger partial charge on any atom is -0.254 e. The first-order chi connectivity index (χ1) is 7.91. The monoisotopic (exact) mass is 264 g/mol. The van der Waals surface area contributed by atoms with E-state index in [1.54, 1.807) is 22.0 Å². The van der Waals surface area contributed by atoms with Gasteiger partial charge in [-0.25, -0.2) is 0 Å². The molecule has 0 bridgehead atoms. The molecule has 0 spiro atoms. The highest BCUT2D eigenvalue weighted by Gasteiger charge is 1.91. The Morgan fingerprint density at radius 1 is 0.625 bits per heavy atom. The van der Waals surface area contributed by atoms with Gasteiger partial charge in [-0.2, -0.15) is 0 Å². The molecule has 0 saturated carbocycles. The molecule has 0 unspecified atom stereocenters. The predicted molar refractivity (Wildman–Crippen MR) is 79.5 cm³/mol. The normalized spacial score (nSPS) is 10.9. The van der Waals surface area contributed by atoms with Crippen molar-refractivity contribution < 1.29 is 0 Å². The summed E-state index contributed by atoms with van der Waals surface area (Å²) in [5.74, 6) is 0. The molecule has 0 aromatic carbocycles. The van der Waals surface area contributed by atoms with Gasteiger partial charge < -0.3 is 0 Å². The first-order valence-corrected chi connectivity index (χ1v) is 8.85. The molecule has 0 aliphatic heterocycles. The van der Waals surface area contributed by atoms with E-state index in [0.29, 0.717) is 0 Å². The van der Waals surface area contributed by atoms with Gasteiger partial charge in [0, 0.05) is 35.0 Å². The van der Waals surface area contributed by atoms with Crippen LogP contribution in [0.1, 0.15) is 65.2 Å². The lowest BCUT2D eigenvalue weighted by molar-refractivity contribution is 0.662. The second-order valence-electron chi connectivity index (χ2n) is 4.08. The molecule has 0 atom stereocenters. The minimum absolute atomic E-state index is 1.13. The van der Waals surface area contributed by atoms with Crippen LogP contribution in [0.4, 0.5) is 0 Å². The summed E-state index contributed by atoms with van der Waals surface area (Å²) in [6, 6.07) is 0. The van der Waals surface area contributed by atoms with Gasteiger partial charge >= 0.3 is 0 Å². The molecule has 0 heterocycles. The summed E-state index contributed by atoms with van der Waals surface area (Å²) in [5.41, 5.74) is 0. The van der Waals surface area contributed by atoms with Crippen LogP contribution in [0.5, 0.6) is 0 Å². The van der Waals surface area contributed by atoms with E-state index < -0.39 is 0 Å². The third-order valence-electron chi connectivity index (χ3n) is 2.42. The van der Waals surface area contributed by atoms with Crippen LogP contribution in [0.2, 0.25) is 0 Å². The maximum Gasteiger partial charge on any atom is 0.00668 e. The first-order valence-electron chi connectivity index (χ1n) is 6.70. The van der Waals surface area contributed by atoms with E-state index in [9.17, 15) is 0 Å². The summed E-state index contributed by atoms with van der Waals surface area (Å²) in [6.45, 7) is 6.77. The average Bonchev–Trinajstić information content (AvgIpc) is 2.31. The second kappa shape index (κ2) is 15.6. The average molecular weight is 265 g/mol. The third-order valence-corrected chi connectivity index (χ3v) is 4.11. The number of hydrogen-bond donors (Lipinski definition) is 2. The van der Waals surface area contributed by atoms with Crippen molar-refractivity contribution in [3.05, 3.63) is 0 Å². The molecule has 0 aliphatic carbocycles. The zero-order valence-electron chi connectivity index (χ0n) is 10.9. The minimum atomic E-state index is 1.13. The summed E-state index contributed by atoms with van der Waals surface area (Å²) in [4.78, 5) is 0. The van der Waals surface area contributed by atoms with Crippen molar-refractivity contribution in [2.24, 2.45) is 0 Å². The van der Waals surface area contributed by atoms with Gasteiger partial charge in [0.2, 0.25) is 0 Å². The number of nitrogens with one attached hydrogen (secondary N) is 2. The molecule has 0 aromatic heterocycles. The van der Waals surface area contributed by atoms with Gasteiger partial charge in [0.15, 0.2) is 0 Å². The van der Waals surface area contributed by atoms with Crippen molar-refractivity contribution in [1.82, 2.24) is 9.44 Å². The second-order valence-corrected chi connectivity index (χ2v) is 5.99. The Morgan fingerprint density at radius 2 is 1.06 bits per heavy atom. The summed E-state index contributed by atoms with van der Waals surface area (Å²) >= 11 is 0. The van der Waals surface area contributed by atoms with Crippen LogP contribution in [0.25, 0.3) is 0 Å². The highest BCUT2D eigenvalue weighted by Crippen LogP contribution is 2.12. The van der Waals surface area contributed by atoms with Crippen LogP contribution >= 0.6 is 22.0 Å².